The van der Waals surface area contributed by atoms with Crippen molar-refractivity contribution in [1.29, 1.82) is 0 Å². The number of hydrogen-bond donors (Lipinski definition) is 1. The molecule has 6 nitrogen and oxygen atoms in total. The number of fused-ring (bicyclic) bond motifs is 1. The van der Waals surface area contributed by atoms with Crippen molar-refractivity contribution in [1.82, 2.24) is 5.32 Å². The number of anilines is 1. The number of para-hydroxylation sites is 2. The van der Waals surface area contributed by atoms with E-state index < -0.39 is 0 Å². The smallest absolute Gasteiger partial charge is 0.294 e. The maximum Gasteiger partial charge on any atom is 0.294 e. The molecule has 1 N–H and O–H groups in total. The fourth-order valence-electron chi connectivity index (χ4n) is 4.48. The molecule has 0 spiro atoms. The molecule has 4 rings (SSSR count). The molecule has 2 amide bonds. The third kappa shape index (κ3) is 4.64. The van der Waals surface area contributed by atoms with Crippen molar-refractivity contribution in [3.05, 3.63) is 59.9 Å². The zero-order valence-electron chi connectivity index (χ0n) is 18.8. The van der Waals surface area contributed by atoms with Crippen molar-refractivity contribution in [3.8, 4) is 11.5 Å². The first-order chi connectivity index (χ1) is 15.5. The lowest BCUT2D eigenvalue weighted by molar-refractivity contribution is -0.124. The number of ether oxygens (including phenoxy) is 2. The molecule has 6 heteroatoms. The molecule has 1 saturated carbocycles. The molecule has 2 aromatic rings. The molecule has 0 saturated heterocycles. The van der Waals surface area contributed by atoms with Crippen LogP contribution in [0.2, 0.25) is 0 Å². The molecule has 0 aromatic heterocycles. The van der Waals surface area contributed by atoms with Gasteiger partial charge in [-0.15, -0.1) is 0 Å². The van der Waals surface area contributed by atoms with Crippen molar-refractivity contribution in [3.63, 3.8) is 0 Å². The number of methoxy groups -OCH3 is 1. The highest BCUT2D eigenvalue weighted by atomic mass is 16.5. The minimum absolute atomic E-state index is 0.0493. The molecular weight excluding hydrogens is 404 g/mol. The Balaban J connectivity index is 1.57. The topological polar surface area (TPSA) is 67.9 Å². The number of nitrogens with zero attached hydrogens (tertiary/aromatic N) is 1. The molecule has 1 fully saturated rings. The first-order valence-corrected chi connectivity index (χ1v) is 11.2. The van der Waals surface area contributed by atoms with Gasteiger partial charge in [0.15, 0.2) is 11.5 Å². The largest absolute Gasteiger partial charge is 0.497 e. The van der Waals surface area contributed by atoms with Crippen LogP contribution in [0.25, 0.3) is 6.08 Å². The average molecular weight is 435 g/mol. The molecule has 0 radical (unpaired) electrons. The van der Waals surface area contributed by atoms with Gasteiger partial charge in [-0.2, -0.15) is 0 Å². The molecule has 0 bridgehead atoms. The third-order valence-corrected chi connectivity index (χ3v) is 6.58. The standard InChI is InChI=1S/C26H30N2O4/c1-17-8-6-11-21(18(17)2)27-25(29)16-28-22-12-4-5-13-23(22)32-24(26(28)30)15-19-9-7-10-20(14-19)31-3/h4-5,7,9-10,12-15,17-18,21H,6,8,11,16H2,1-3H3,(H,27,29)/b24-15+. The monoisotopic (exact) mass is 434 g/mol. The van der Waals surface area contributed by atoms with E-state index in [1.807, 2.05) is 36.4 Å². The van der Waals surface area contributed by atoms with Gasteiger partial charge < -0.3 is 14.8 Å². The molecule has 3 unspecified atom stereocenters. The summed E-state index contributed by atoms with van der Waals surface area (Å²) >= 11 is 0. The van der Waals surface area contributed by atoms with Gasteiger partial charge in [0.05, 0.1) is 12.8 Å². The fourth-order valence-corrected chi connectivity index (χ4v) is 4.48. The number of carbonyl (C=O) groups is 2. The Morgan fingerprint density at radius 2 is 2.00 bits per heavy atom. The fraction of sp³-hybridized carbons (Fsp3) is 0.385. The molecule has 1 heterocycles. The summed E-state index contributed by atoms with van der Waals surface area (Å²) in [5.74, 6) is 1.92. The summed E-state index contributed by atoms with van der Waals surface area (Å²) in [4.78, 5) is 27.8. The first-order valence-electron chi connectivity index (χ1n) is 11.2. The van der Waals surface area contributed by atoms with Crippen LogP contribution in [0.1, 0.15) is 38.7 Å². The van der Waals surface area contributed by atoms with Crippen molar-refractivity contribution < 1.29 is 19.1 Å². The summed E-state index contributed by atoms with van der Waals surface area (Å²) < 4.78 is 11.2. The molecule has 2 aromatic carbocycles. The number of nitrogens with one attached hydrogen (secondary N) is 1. The second-order valence-corrected chi connectivity index (χ2v) is 8.69. The van der Waals surface area contributed by atoms with E-state index in [0.29, 0.717) is 29.0 Å². The Kier molecular flexibility index (Phi) is 6.49. The quantitative estimate of drug-likeness (QED) is 0.708. The van der Waals surface area contributed by atoms with Crippen LogP contribution >= 0.6 is 0 Å². The Morgan fingerprint density at radius 1 is 1.19 bits per heavy atom. The highest BCUT2D eigenvalue weighted by Crippen LogP contribution is 2.36. The van der Waals surface area contributed by atoms with Crippen molar-refractivity contribution in [2.75, 3.05) is 18.6 Å². The van der Waals surface area contributed by atoms with E-state index >= 15 is 0 Å². The van der Waals surface area contributed by atoms with Gasteiger partial charge in [0, 0.05) is 6.04 Å². The summed E-state index contributed by atoms with van der Waals surface area (Å²) in [6.45, 7) is 4.38. The minimum atomic E-state index is -0.341. The van der Waals surface area contributed by atoms with E-state index in [1.165, 1.54) is 11.3 Å². The normalized spacial score (nSPS) is 24.0. The maximum absolute atomic E-state index is 13.3. The first kappa shape index (κ1) is 21.9. The van der Waals surface area contributed by atoms with Crippen LogP contribution in [0, 0.1) is 11.8 Å². The molecule has 32 heavy (non-hydrogen) atoms. The van der Waals surface area contributed by atoms with Crippen molar-refractivity contribution in [2.24, 2.45) is 11.8 Å². The third-order valence-electron chi connectivity index (χ3n) is 6.58. The van der Waals surface area contributed by atoms with Gasteiger partial charge in [-0.1, -0.05) is 51.0 Å². The lowest BCUT2D eigenvalue weighted by atomic mass is 9.78. The molecule has 3 atom stereocenters. The van der Waals surface area contributed by atoms with Crippen LogP contribution in [0.4, 0.5) is 5.69 Å². The van der Waals surface area contributed by atoms with Gasteiger partial charge in [-0.3, -0.25) is 14.5 Å². The SMILES string of the molecule is COc1cccc(/C=C2/Oc3ccccc3N(CC(=O)NC3CCCC(C)C3C)C2=O)c1. The number of hydrogen-bond acceptors (Lipinski definition) is 4. The number of amides is 2. The zero-order valence-corrected chi connectivity index (χ0v) is 18.8. The summed E-state index contributed by atoms with van der Waals surface area (Å²) in [7, 11) is 1.60. The Labute approximate surface area is 189 Å². The number of benzene rings is 2. The van der Waals surface area contributed by atoms with Crippen LogP contribution in [0.3, 0.4) is 0 Å². The second kappa shape index (κ2) is 9.47. The van der Waals surface area contributed by atoms with E-state index in [1.54, 1.807) is 25.3 Å². The van der Waals surface area contributed by atoms with Crippen molar-refractivity contribution >= 4 is 23.6 Å². The van der Waals surface area contributed by atoms with Crippen molar-refractivity contribution in [2.45, 2.75) is 39.2 Å². The van der Waals surface area contributed by atoms with Gasteiger partial charge in [0.2, 0.25) is 5.91 Å². The van der Waals surface area contributed by atoms with Crippen LogP contribution in [-0.2, 0) is 9.59 Å². The molecule has 1 aliphatic carbocycles. The summed E-state index contributed by atoms with van der Waals surface area (Å²) in [6.07, 6.45) is 4.97. The summed E-state index contributed by atoms with van der Waals surface area (Å²) in [5, 5.41) is 3.17. The molecule has 168 valence electrons. The van der Waals surface area contributed by atoms with E-state index in [4.69, 9.17) is 9.47 Å². The molecule has 2 aliphatic rings. The highest BCUT2D eigenvalue weighted by molar-refractivity contribution is 6.12. The molecular formula is C26H30N2O4. The van der Waals surface area contributed by atoms with Crippen LogP contribution in [-0.4, -0.2) is 31.5 Å². The number of rotatable bonds is 5. The molecule has 1 aliphatic heterocycles. The van der Waals surface area contributed by atoms with E-state index in [0.717, 1.165) is 18.4 Å². The predicted molar refractivity (Wildman–Crippen MR) is 125 cm³/mol. The van der Waals surface area contributed by atoms with Crippen LogP contribution in [0.15, 0.2) is 54.3 Å². The van der Waals surface area contributed by atoms with Gasteiger partial charge in [-0.25, -0.2) is 0 Å². The summed E-state index contributed by atoms with van der Waals surface area (Å²) in [6, 6.07) is 14.8. The Bertz CT molecular complexity index is 1030. The minimum Gasteiger partial charge on any atom is -0.497 e. The lowest BCUT2D eigenvalue weighted by Crippen LogP contribution is -2.49. The van der Waals surface area contributed by atoms with Gasteiger partial charge in [0.1, 0.15) is 12.3 Å². The van der Waals surface area contributed by atoms with E-state index in [9.17, 15) is 9.59 Å². The number of carbonyl (C=O) groups excluding carboxylic acids is 2. The van der Waals surface area contributed by atoms with Gasteiger partial charge >= 0.3 is 0 Å². The second-order valence-electron chi connectivity index (χ2n) is 8.69. The zero-order chi connectivity index (χ0) is 22.7. The lowest BCUT2D eigenvalue weighted by Gasteiger charge is -2.35. The summed E-state index contributed by atoms with van der Waals surface area (Å²) in [5.41, 5.74) is 1.38. The van der Waals surface area contributed by atoms with Gasteiger partial charge in [-0.05, 0) is 54.2 Å². The van der Waals surface area contributed by atoms with E-state index in [-0.39, 0.29) is 30.2 Å². The maximum atomic E-state index is 13.3. The van der Waals surface area contributed by atoms with Crippen LogP contribution < -0.4 is 19.7 Å². The highest BCUT2D eigenvalue weighted by Gasteiger charge is 2.33. The average Bonchev–Trinajstić information content (AvgIpc) is 2.80. The van der Waals surface area contributed by atoms with E-state index in [2.05, 4.69) is 19.2 Å². The Morgan fingerprint density at radius 3 is 2.81 bits per heavy atom. The van der Waals surface area contributed by atoms with Gasteiger partial charge in [0.25, 0.3) is 5.91 Å². The predicted octanol–water partition coefficient (Wildman–Crippen LogP) is 4.40. The van der Waals surface area contributed by atoms with Crippen LogP contribution in [0.5, 0.6) is 11.5 Å². The Hall–Kier alpha value is -3.28.